The van der Waals surface area contributed by atoms with Crippen molar-refractivity contribution >= 4 is 5.97 Å². The van der Waals surface area contributed by atoms with Gasteiger partial charge in [0.15, 0.2) is 0 Å². The van der Waals surface area contributed by atoms with Crippen molar-refractivity contribution in [3.63, 3.8) is 0 Å². The highest BCUT2D eigenvalue weighted by molar-refractivity contribution is 5.80. The van der Waals surface area contributed by atoms with Crippen LogP contribution >= 0.6 is 0 Å². The zero-order valence-electron chi connectivity index (χ0n) is 17.8. The molecule has 0 unspecified atom stereocenters. The number of ether oxygens (including phenoxy) is 1. The number of aliphatic carboxylic acids is 1. The average molecular weight is 391 g/mol. The standard InChI is InChI=1S/C26H30O3/c1-24(2)15-26(11-12-26)29-22-20(17-5-6-17)13-18(14-21(22)24)16-7-9-19(10-8-16)25(3,4)23(27)28/h7-10,13-14,17H,5-6,11-12,15H2,1-4H3,(H,27,28). The van der Waals surface area contributed by atoms with Crippen LogP contribution in [0.3, 0.4) is 0 Å². The Morgan fingerprint density at radius 3 is 2.28 bits per heavy atom. The number of hydrogen-bond acceptors (Lipinski definition) is 2. The van der Waals surface area contributed by atoms with Crippen LogP contribution in [-0.4, -0.2) is 16.7 Å². The second-order valence-electron chi connectivity index (χ2n) is 10.6. The average Bonchev–Trinajstić information content (AvgIpc) is 3.58. The Morgan fingerprint density at radius 2 is 1.72 bits per heavy atom. The number of hydrogen-bond donors (Lipinski definition) is 1. The maximum absolute atomic E-state index is 11.6. The van der Waals surface area contributed by atoms with E-state index in [0.29, 0.717) is 5.92 Å². The fourth-order valence-corrected chi connectivity index (χ4v) is 4.91. The van der Waals surface area contributed by atoms with Crippen molar-refractivity contribution in [1.82, 2.24) is 0 Å². The molecule has 0 bridgehead atoms. The Bertz CT molecular complexity index is 989. The molecule has 0 amide bonds. The number of rotatable bonds is 4. The van der Waals surface area contributed by atoms with Gasteiger partial charge in [0, 0.05) is 5.56 Å². The molecule has 2 aromatic carbocycles. The van der Waals surface area contributed by atoms with Gasteiger partial charge in [0.05, 0.1) is 5.41 Å². The molecule has 1 heterocycles. The first-order valence-corrected chi connectivity index (χ1v) is 10.8. The van der Waals surface area contributed by atoms with Gasteiger partial charge in [-0.25, -0.2) is 0 Å². The summed E-state index contributed by atoms with van der Waals surface area (Å²) in [6, 6.07) is 12.7. The Kier molecular flexibility index (Phi) is 3.79. The molecule has 29 heavy (non-hydrogen) atoms. The van der Waals surface area contributed by atoms with Gasteiger partial charge in [0.25, 0.3) is 0 Å². The van der Waals surface area contributed by atoms with Crippen molar-refractivity contribution in [2.75, 3.05) is 0 Å². The van der Waals surface area contributed by atoms with Crippen LogP contribution in [0.2, 0.25) is 0 Å². The molecule has 0 radical (unpaired) electrons. The summed E-state index contributed by atoms with van der Waals surface area (Å²) >= 11 is 0. The maximum Gasteiger partial charge on any atom is 0.313 e. The lowest BCUT2D eigenvalue weighted by Gasteiger charge is -2.39. The summed E-state index contributed by atoms with van der Waals surface area (Å²) in [5.74, 6) is 0.982. The zero-order valence-corrected chi connectivity index (χ0v) is 17.8. The smallest absolute Gasteiger partial charge is 0.313 e. The third kappa shape index (κ3) is 3.06. The highest BCUT2D eigenvalue weighted by atomic mass is 16.5. The van der Waals surface area contributed by atoms with Crippen molar-refractivity contribution in [3.05, 3.63) is 53.1 Å². The number of carboxylic acid groups (broad SMARTS) is 1. The topological polar surface area (TPSA) is 46.5 Å². The molecule has 3 aliphatic rings. The number of carboxylic acids is 1. The van der Waals surface area contributed by atoms with Crippen LogP contribution in [0.1, 0.15) is 82.4 Å². The molecule has 2 aliphatic carbocycles. The van der Waals surface area contributed by atoms with Gasteiger partial charge >= 0.3 is 5.97 Å². The Labute approximate surface area is 173 Å². The summed E-state index contributed by atoms with van der Waals surface area (Å²) in [6.45, 7) is 8.21. The summed E-state index contributed by atoms with van der Waals surface area (Å²) < 4.78 is 6.61. The van der Waals surface area contributed by atoms with Crippen LogP contribution in [0.4, 0.5) is 0 Å². The number of fused-ring (bicyclic) bond motifs is 1. The normalized spacial score (nSPS) is 21.4. The summed E-state index contributed by atoms with van der Waals surface area (Å²) in [5.41, 5.74) is 5.21. The molecule has 2 aromatic rings. The second kappa shape index (κ2) is 5.87. The molecule has 3 heteroatoms. The van der Waals surface area contributed by atoms with E-state index in [1.807, 2.05) is 12.1 Å². The SMILES string of the molecule is CC1(C)CC2(CC2)Oc2c(C3CC3)cc(-c3ccc(C(C)(C)C(=O)O)cc3)cc21. The summed E-state index contributed by atoms with van der Waals surface area (Å²) in [7, 11) is 0. The molecule has 152 valence electrons. The van der Waals surface area contributed by atoms with E-state index in [0.717, 1.165) is 23.3 Å². The predicted octanol–water partition coefficient (Wildman–Crippen LogP) is 6.19. The van der Waals surface area contributed by atoms with Gasteiger partial charge in [0.2, 0.25) is 0 Å². The molecule has 1 spiro atoms. The van der Waals surface area contributed by atoms with E-state index in [1.165, 1.54) is 42.4 Å². The number of carbonyl (C=O) groups is 1. The van der Waals surface area contributed by atoms with Crippen molar-refractivity contribution in [1.29, 1.82) is 0 Å². The summed E-state index contributed by atoms with van der Waals surface area (Å²) in [5, 5.41) is 9.51. The molecule has 1 aliphatic heterocycles. The lowest BCUT2D eigenvalue weighted by molar-refractivity contribution is -0.142. The first-order chi connectivity index (χ1) is 13.6. The third-order valence-corrected chi connectivity index (χ3v) is 7.23. The molecular formula is C26H30O3. The van der Waals surface area contributed by atoms with Crippen molar-refractivity contribution in [3.8, 4) is 16.9 Å². The quantitative estimate of drug-likeness (QED) is 0.677. The first kappa shape index (κ1) is 18.7. The molecule has 0 atom stereocenters. The van der Waals surface area contributed by atoms with E-state index < -0.39 is 11.4 Å². The van der Waals surface area contributed by atoms with Crippen LogP contribution in [0.25, 0.3) is 11.1 Å². The van der Waals surface area contributed by atoms with Gasteiger partial charge in [-0.3, -0.25) is 4.79 Å². The fourth-order valence-electron chi connectivity index (χ4n) is 4.91. The van der Waals surface area contributed by atoms with Crippen molar-refractivity contribution < 1.29 is 14.6 Å². The largest absolute Gasteiger partial charge is 0.487 e. The van der Waals surface area contributed by atoms with Crippen LogP contribution in [0.15, 0.2) is 36.4 Å². The minimum Gasteiger partial charge on any atom is -0.487 e. The van der Waals surface area contributed by atoms with Crippen molar-refractivity contribution in [2.45, 2.75) is 82.1 Å². The Morgan fingerprint density at radius 1 is 1.07 bits per heavy atom. The van der Waals surface area contributed by atoms with Crippen LogP contribution in [-0.2, 0) is 15.6 Å². The molecule has 3 nitrogen and oxygen atoms in total. The minimum atomic E-state index is -0.887. The first-order valence-electron chi connectivity index (χ1n) is 10.8. The molecule has 0 aromatic heterocycles. The summed E-state index contributed by atoms with van der Waals surface area (Å²) in [4.78, 5) is 11.6. The maximum atomic E-state index is 11.6. The molecular weight excluding hydrogens is 360 g/mol. The number of benzene rings is 2. The second-order valence-corrected chi connectivity index (χ2v) is 10.6. The predicted molar refractivity (Wildman–Crippen MR) is 115 cm³/mol. The fraction of sp³-hybridized carbons (Fsp3) is 0.500. The van der Waals surface area contributed by atoms with Gasteiger partial charge in [-0.05, 0) is 91.7 Å². The molecule has 2 saturated carbocycles. The lowest BCUT2D eigenvalue weighted by Crippen LogP contribution is -2.36. The van der Waals surface area contributed by atoms with Gasteiger partial charge in [-0.2, -0.15) is 0 Å². The zero-order chi connectivity index (χ0) is 20.6. The molecule has 2 fully saturated rings. The Hall–Kier alpha value is -2.29. The third-order valence-electron chi connectivity index (χ3n) is 7.23. The highest BCUT2D eigenvalue weighted by Crippen LogP contribution is 2.59. The van der Waals surface area contributed by atoms with Gasteiger partial charge < -0.3 is 9.84 Å². The van der Waals surface area contributed by atoms with Gasteiger partial charge in [-0.1, -0.05) is 38.1 Å². The van der Waals surface area contributed by atoms with E-state index in [1.54, 1.807) is 13.8 Å². The van der Waals surface area contributed by atoms with E-state index >= 15 is 0 Å². The lowest BCUT2D eigenvalue weighted by atomic mass is 9.74. The van der Waals surface area contributed by atoms with Crippen molar-refractivity contribution in [2.24, 2.45) is 0 Å². The van der Waals surface area contributed by atoms with Gasteiger partial charge in [0.1, 0.15) is 11.4 Å². The molecule has 0 saturated heterocycles. The van der Waals surface area contributed by atoms with Crippen LogP contribution < -0.4 is 4.74 Å². The van der Waals surface area contributed by atoms with E-state index in [9.17, 15) is 9.90 Å². The minimum absolute atomic E-state index is 0.0890. The van der Waals surface area contributed by atoms with E-state index in [-0.39, 0.29) is 11.0 Å². The van der Waals surface area contributed by atoms with E-state index in [2.05, 4.69) is 38.1 Å². The highest BCUT2D eigenvalue weighted by Gasteiger charge is 2.54. The monoisotopic (exact) mass is 390 g/mol. The molecule has 5 rings (SSSR count). The van der Waals surface area contributed by atoms with Gasteiger partial charge in [-0.15, -0.1) is 0 Å². The Balaban J connectivity index is 1.59. The summed E-state index contributed by atoms with van der Waals surface area (Å²) in [6.07, 6.45) is 5.95. The van der Waals surface area contributed by atoms with Crippen LogP contribution in [0.5, 0.6) is 5.75 Å². The molecule has 1 N–H and O–H groups in total. The van der Waals surface area contributed by atoms with Crippen LogP contribution in [0, 0.1) is 0 Å². The van der Waals surface area contributed by atoms with E-state index in [4.69, 9.17) is 4.74 Å².